The van der Waals surface area contributed by atoms with E-state index in [4.69, 9.17) is 16.3 Å². The first-order valence-electron chi connectivity index (χ1n) is 4.82. The Bertz CT molecular complexity index is 377. The van der Waals surface area contributed by atoms with Gasteiger partial charge in [-0.05, 0) is 19.9 Å². The molecule has 0 saturated carbocycles. The predicted molar refractivity (Wildman–Crippen MR) is 57.9 cm³/mol. The van der Waals surface area contributed by atoms with E-state index in [1.165, 1.54) is 0 Å². The number of carbonyl (C=O) groups excluding carboxylic acids is 1. The summed E-state index contributed by atoms with van der Waals surface area (Å²) in [4.78, 5) is 11.6. The molecular weight excluding hydrogens is 214 g/mol. The first kappa shape index (κ1) is 12.0. The summed E-state index contributed by atoms with van der Waals surface area (Å²) in [5, 5.41) is 0. The van der Waals surface area contributed by atoms with Crippen molar-refractivity contribution in [3.63, 3.8) is 0 Å². The Morgan fingerprint density at radius 2 is 2.27 bits per heavy atom. The number of aromatic nitrogens is 1. The molecular formula is C11H15ClNO2+. The molecule has 0 aliphatic carbocycles. The Morgan fingerprint density at radius 1 is 1.60 bits per heavy atom. The monoisotopic (exact) mass is 228 g/mol. The summed E-state index contributed by atoms with van der Waals surface area (Å²) in [7, 11) is 1.87. The molecule has 1 rings (SSSR count). The Hall–Kier alpha value is -1.09. The normalized spacial score (nSPS) is 10.1. The summed E-state index contributed by atoms with van der Waals surface area (Å²) in [5.41, 5.74) is 2.34. The first-order chi connectivity index (χ1) is 7.10. The van der Waals surface area contributed by atoms with Crippen molar-refractivity contribution in [2.24, 2.45) is 7.05 Å². The number of nitrogens with zero attached hydrogens (tertiary/aromatic N) is 1. The van der Waals surface area contributed by atoms with E-state index >= 15 is 0 Å². The molecule has 0 atom stereocenters. The molecule has 0 saturated heterocycles. The van der Waals surface area contributed by atoms with Gasteiger partial charge in [-0.2, -0.15) is 0 Å². The lowest BCUT2D eigenvalue weighted by Gasteiger charge is -2.05. The maximum atomic E-state index is 11.6. The number of ether oxygens (including phenoxy) is 1. The maximum absolute atomic E-state index is 11.6. The Kier molecular flexibility index (Phi) is 4.09. The van der Waals surface area contributed by atoms with Gasteiger partial charge in [-0.1, -0.05) is 0 Å². The average Bonchev–Trinajstić information content (AvgIpc) is 2.17. The molecule has 0 fully saturated rings. The number of halogens is 1. The molecule has 0 aliphatic rings. The number of alkyl halides is 1. The van der Waals surface area contributed by atoms with Crippen LogP contribution in [0.25, 0.3) is 0 Å². The van der Waals surface area contributed by atoms with Gasteiger partial charge in [0.25, 0.3) is 0 Å². The van der Waals surface area contributed by atoms with E-state index in [0.29, 0.717) is 18.1 Å². The van der Waals surface area contributed by atoms with Crippen molar-refractivity contribution in [2.75, 3.05) is 6.61 Å². The number of aryl methyl sites for hydroxylation is 2. The average molecular weight is 229 g/mol. The summed E-state index contributed by atoms with van der Waals surface area (Å²) in [6.45, 7) is 4.09. The summed E-state index contributed by atoms with van der Waals surface area (Å²) in [6, 6.07) is 1.80. The van der Waals surface area contributed by atoms with Gasteiger partial charge in [-0.3, -0.25) is 0 Å². The van der Waals surface area contributed by atoms with E-state index in [-0.39, 0.29) is 5.97 Å². The van der Waals surface area contributed by atoms with Crippen molar-refractivity contribution in [3.05, 3.63) is 29.1 Å². The lowest BCUT2D eigenvalue weighted by molar-refractivity contribution is -0.678. The molecule has 82 valence electrons. The van der Waals surface area contributed by atoms with Gasteiger partial charge < -0.3 is 4.74 Å². The van der Waals surface area contributed by atoms with Gasteiger partial charge >= 0.3 is 5.97 Å². The van der Waals surface area contributed by atoms with Crippen molar-refractivity contribution >= 4 is 17.6 Å². The van der Waals surface area contributed by atoms with E-state index in [1.54, 1.807) is 13.0 Å². The zero-order chi connectivity index (χ0) is 11.4. The molecule has 15 heavy (non-hydrogen) atoms. The highest BCUT2D eigenvalue weighted by molar-refractivity contribution is 6.17. The van der Waals surface area contributed by atoms with Crippen LogP contribution in [0.3, 0.4) is 0 Å². The summed E-state index contributed by atoms with van der Waals surface area (Å²) >= 11 is 5.81. The van der Waals surface area contributed by atoms with Crippen LogP contribution in [0.2, 0.25) is 0 Å². The van der Waals surface area contributed by atoms with Gasteiger partial charge in [0.1, 0.15) is 18.5 Å². The lowest BCUT2D eigenvalue weighted by Crippen LogP contribution is -2.35. The Labute approximate surface area is 94.6 Å². The summed E-state index contributed by atoms with van der Waals surface area (Å²) in [6.07, 6.45) is 1.93. The second-order valence-electron chi connectivity index (χ2n) is 3.34. The van der Waals surface area contributed by atoms with Crippen molar-refractivity contribution in [1.29, 1.82) is 0 Å². The molecule has 0 radical (unpaired) electrons. The number of hydrogen-bond donors (Lipinski definition) is 0. The van der Waals surface area contributed by atoms with Crippen LogP contribution in [0.1, 0.15) is 28.5 Å². The molecule has 0 spiro atoms. The largest absolute Gasteiger partial charge is 0.462 e. The van der Waals surface area contributed by atoms with E-state index in [1.807, 2.05) is 24.7 Å². The van der Waals surface area contributed by atoms with Crippen LogP contribution in [0, 0.1) is 6.92 Å². The maximum Gasteiger partial charge on any atom is 0.344 e. The fourth-order valence-corrected chi connectivity index (χ4v) is 1.81. The molecule has 1 heterocycles. The van der Waals surface area contributed by atoms with Crippen molar-refractivity contribution < 1.29 is 14.1 Å². The molecule has 0 bridgehead atoms. The third kappa shape index (κ3) is 2.69. The van der Waals surface area contributed by atoms with Crippen LogP contribution in [-0.2, 0) is 17.7 Å². The minimum absolute atomic E-state index is 0.297. The third-order valence-corrected chi connectivity index (χ3v) is 2.38. The zero-order valence-electron chi connectivity index (χ0n) is 9.21. The molecule has 1 aromatic rings. The van der Waals surface area contributed by atoms with E-state index < -0.39 is 0 Å². The number of rotatable bonds is 3. The molecule has 3 nitrogen and oxygen atoms in total. The summed E-state index contributed by atoms with van der Waals surface area (Å²) in [5.74, 6) is -0.0160. The molecule has 0 N–H and O–H groups in total. The standard InChI is InChI=1S/C11H15ClNO2/c1-4-15-11(14)9-5-8(2)7-13(3)10(9)6-12/h5,7H,4,6H2,1-3H3/q+1. The number of carbonyl (C=O) groups is 1. The second kappa shape index (κ2) is 5.12. The minimum atomic E-state index is -0.313. The fraction of sp³-hybridized carbons (Fsp3) is 0.455. The lowest BCUT2D eigenvalue weighted by atomic mass is 10.1. The van der Waals surface area contributed by atoms with Gasteiger partial charge in [0.2, 0.25) is 5.69 Å². The highest BCUT2D eigenvalue weighted by Crippen LogP contribution is 2.10. The van der Waals surface area contributed by atoms with E-state index in [2.05, 4.69) is 0 Å². The van der Waals surface area contributed by atoms with Crippen LogP contribution in [0.5, 0.6) is 0 Å². The fourth-order valence-electron chi connectivity index (χ4n) is 1.47. The molecule has 4 heteroatoms. The molecule has 0 unspecified atom stereocenters. The highest BCUT2D eigenvalue weighted by atomic mass is 35.5. The van der Waals surface area contributed by atoms with E-state index in [0.717, 1.165) is 11.3 Å². The summed E-state index contributed by atoms with van der Waals surface area (Å²) < 4.78 is 6.83. The first-order valence-corrected chi connectivity index (χ1v) is 5.35. The number of pyridine rings is 1. The van der Waals surface area contributed by atoms with Gasteiger partial charge in [0.15, 0.2) is 6.20 Å². The van der Waals surface area contributed by atoms with Crippen LogP contribution in [0.4, 0.5) is 0 Å². The molecule has 1 aromatic heterocycles. The van der Waals surface area contributed by atoms with Gasteiger partial charge in [0.05, 0.1) is 6.61 Å². The van der Waals surface area contributed by atoms with Gasteiger partial charge in [0, 0.05) is 5.56 Å². The zero-order valence-corrected chi connectivity index (χ0v) is 9.97. The van der Waals surface area contributed by atoms with Crippen molar-refractivity contribution in [1.82, 2.24) is 0 Å². The molecule has 0 aliphatic heterocycles. The molecule has 0 amide bonds. The Morgan fingerprint density at radius 3 is 2.80 bits per heavy atom. The van der Waals surface area contributed by atoms with Gasteiger partial charge in [-0.25, -0.2) is 9.36 Å². The second-order valence-corrected chi connectivity index (χ2v) is 3.61. The van der Waals surface area contributed by atoms with Crippen LogP contribution in [-0.4, -0.2) is 12.6 Å². The number of hydrogen-bond acceptors (Lipinski definition) is 2. The topological polar surface area (TPSA) is 30.2 Å². The van der Waals surface area contributed by atoms with Gasteiger partial charge in [-0.15, -0.1) is 11.6 Å². The minimum Gasteiger partial charge on any atom is -0.462 e. The van der Waals surface area contributed by atoms with Crippen LogP contribution >= 0.6 is 11.6 Å². The van der Waals surface area contributed by atoms with Crippen molar-refractivity contribution in [3.8, 4) is 0 Å². The van der Waals surface area contributed by atoms with Crippen LogP contribution < -0.4 is 4.57 Å². The Balaban J connectivity index is 3.20. The predicted octanol–water partition coefficient (Wildman–Crippen LogP) is 1.74. The third-order valence-electron chi connectivity index (χ3n) is 2.13. The SMILES string of the molecule is CCOC(=O)c1cc(C)c[n+](C)c1CCl. The van der Waals surface area contributed by atoms with E-state index in [9.17, 15) is 4.79 Å². The van der Waals surface area contributed by atoms with Crippen LogP contribution in [0.15, 0.2) is 12.3 Å². The smallest absolute Gasteiger partial charge is 0.344 e. The number of esters is 1. The highest BCUT2D eigenvalue weighted by Gasteiger charge is 2.20. The quantitative estimate of drug-likeness (QED) is 0.448. The van der Waals surface area contributed by atoms with Crippen molar-refractivity contribution in [2.45, 2.75) is 19.7 Å². The molecule has 0 aromatic carbocycles.